The molecule has 3 nitrogen and oxygen atoms in total. The van der Waals surface area contributed by atoms with Gasteiger partial charge in [-0.25, -0.2) is 4.79 Å². The average molecular weight is 242 g/mol. The van der Waals surface area contributed by atoms with Crippen molar-refractivity contribution in [2.45, 2.75) is 26.4 Å². The lowest BCUT2D eigenvalue weighted by Gasteiger charge is -2.21. The summed E-state index contributed by atoms with van der Waals surface area (Å²) in [6.07, 6.45) is 5.39. The topological polar surface area (TPSA) is 39.4 Å². The molecule has 3 heteroatoms. The molecule has 0 N–H and O–H groups in total. The van der Waals surface area contributed by atoms with Gasteiger partial charge in [0.15, 0.2) is 5.60 Å². The fraction of sp³-hybridized carbons (Fsp3) is 0.267. The molecule has 0 saturated heterocycles. The Hall–Kier alpha value is -2.21. The van der Waals surface area contributed by atoms with Crippen LogP contribution in [0.1, 0.15) is 19.4 Å². The maximum Gasteiger partial charge on any atom is 0.336 e. The van der Waals surface area contributed by atoms with Crippen molar-refractivity contribution in [3.63, 3.8) is 0 Å². The van der Waals surface area contributed by atoms with Gasteiger partial charge in [0.1, 0.15) is 11.3 Å². The number of benzene rings is 1. The van der Waals surface area contributed by atoms with Crippen LogP contribution >= 0.6 is 0 Å². The van der Waals surface area contributed by atoms with E-state index in [1.807, 2.05) is 19.1 Å². The van der Waals surface area contributed by atoms with Gasteiger partial charge >= 0.3 is 5.63 Å². The molecule has 0 aliphatic carbocycles. The zero-order valence-corrected chi connectivity index (χ0v) is 10.6. The molecule has 0 spiro atoms. The van der Waals surface area contributed by atoms with Crippen LogP contribution < -0.4 is 10.4 Å². The van der Waals surface area contributed by atoms with Crippen LogP contribution in [0.4, 0.5) is 0 Å². The first kappa shape index (κ1) is 12.3. The lowest BCUT2D eigenvalue weighted by Crippen LogP contribution is -2.25. The Morgan fingerprint density at radius 1 is 1.28 bits per heavy atom. The molecule has 1 aromatic heterocycles. The highest BCUT2D eigenvalue weighted by Gasteiger charge is 2.18. The number of aryl methyl sites for hydroxylation is 1. The second kappa shape index (κ2) is 4.23. The first-order chi connectivity index (χ1) is 8.43. The normalized spacial score (nSPS) is 11.2. The minimum absolute atomic E-state index is 0.376. The predicted octanol–water partition coefficient (Wildman–Crippen LogP) is 2.89. The standard InChI is InChI=1S/C15H14O3/c1-5-15(3,4)18-12-8-6-11-7-9-13(16)17-14(11)10(12)2/h1,6-9H,2-4H3. The Morgan fingerprint density at radius 2 is 1.94 bits per heavy atom. The van der Waals surface area contributed by atoms with Crippen LogP contribution in [0.25, 0.3) is 11.0 Å². The van der Waals surface area contributed by atoms with Gasteiger partial charge in [-0.05, 0) is 39.0 Å². The van der Waals surface area contributed by atoms with E-state index in [1.165, 1.54) is 6.07 Å². The van der Waals surface area contributed by atoms with E-state index in [-0.39, 0.29) is 5.63 Å². The Balaban J connectivity index is 2.58. The lowest BCUT2D eigenvalue weighted by atomic mass is 10.1. The zero-order valence-electron chi connectivity index (χ0n) is 10.6. The predicted molar refractivity (Wildman–Crippen MR) is 70.8 cm³/mol. The highest BCUT2D eigenvalue weighted by Crippen LogP contribution is 2.28. The molecule has 2 aromatic rings. The molecular weight excluding hydrogens is 228 g/mol. The second-order valence-electron chi connectivity index (χ2n) is 4.62. The Morgan fingerprint density at radius 3 is 2.61 bits per heavy atom. The van der Waals surface area contributed by atoms with E-state index < -0.39 is 5.60 Å². The molecule has 2 rings (SSSR count). The van der Waals surface area contributed by atoms with Gasteiger partial charge in [0.25, 0.3) is 0 Å². The monoisotopic (exact) mass is 242 g/mol. The summed E-state index contributed by atoms with van der Waals surface area (Å²) < 4.78 is 10.9. The number of rotatable bonds is 2. The molecule has 0 amide bonds. The van der Waals surface area contributed by atoms with E-state index in [2.05, 4.69) is 5.92 Å². The third-order valence-electron chi connectivity index (χ3n) is 2.70. The highest BCUT2D eigenvalue weighted by molar-refractivity contribution is 5.81. The molecule has 0 unspecified atom stereocenters. The maximum atomic E-state index is 11.2. The molecule has 18 heavy (non-hydrogen) atoms. The van der Waals surface area contributed by atoms with Crippen molar-refractivity contribution in [2.75, 3.05) is 0 Å². The van der Waals surface area contributed by atoms with Crippen molar-refractivity contribution >= 4 is 11.0 Å². The maximum absolute atomic E-state index is 11.2. The van der Waals surface area contributed by atoms with Crippen LogP contribution in [0.3, 0.4) is 0 Å². The molecule has 0 radical (unpaired) electrons. The van der Waals surface area contributed by atoms with E-state index in [0.29, 0.717) is 11.3 Å². The second-order valence-corrected chi connectivity index (χ2v) is 4.62. The van der Waals surface area contributed by atoms with Gasteiger partial charge in [0, 0.05) is 17.0 Å². The summed E-state index contributed by atoms with van der Waals surface area (Å²) in [6, 6.07) is 6.79. The molecule has 92 valence electrons. The van der Waals surface area contributed by atoms with Crippen LogP contribution in [-0.4, -0.2) is 5.60 Å². The van der Waals surface area contributed by atoms with Crippen LogP contribution in [0.15, 0.2) is 33.5 Å². The van der Waals surface area contributed by atoms with E-state index in [0.717, 1.165) is 10.9 Å². The van der Waals surface area contributed by atoms with Gasteiger partial charge < -0.3 is 9.15 Å². The van der Waals surface area contributed by atoms with Crippen LogP contribution in [0.2, 0.25) is 0 Å². The van der Waals surface area contributed by atoms with E-state index in [9.17, 15) is 4.79 Å². The van der Waals surface area contributed by atoms with Crippen molar-refractivity contribution in [2.24, 2.45) is 0 Å². The summed E-state index contributed by atoms with van der Waals surface area (Å²) in [4.78, 5) is 11.2. The van der Waals surface area contributed by atoms with Gasteiger partial charge in [-0.3, -0.25) is 0 Å². The van der Waals surface area contributed by atoms with Crippen molar-refractivity contribution in [1.29, 1.82) is 0 Å². The van der Waals surface area contributed by atoms with Gasteiger partial charge in [-0.15, -0.1) is 6.42 Å². The molecule has 0 fully saturated rings. The van der Waals surface area contributed by atoms with Gasteiger partial charge in [0.2, 0.25) is 0 Å². The van der Waals surface area contributed by atoms with E-state index >= 15 is 0 Å². The molecular formula is C15H14O3. The smallest absolute Gasteiger partial charge is 0.336 e. The quantitative estimate of drug-likeness (QED) is 0.600. The van der Waals surface area contributed by atoms with Gasteiger partial charge in [-0.2, -0.15) is 0 Å². The number of hydrogen-bond acceptors (Lipinski definition) is 3. The largest absolute Gasteiger partial charge is 0.475 e. The SMILES string of the molecule is C#CC(C)(C)Oc1ccc2ccc(=O)oc2c1C. The molecule has 1 heterocycles. The minimum atomic E-state index is -0.701. The summed E-state index contributed by atoms with van der Waals surface area (Å²) in [7, 11) is 0. The van der Waals surface area contributed by atoms with Gasteiger partial charge in [0.05, 0.1) is 0 Å². The Kier molecular flexibility index (Phi) is 2.88. The van der Waals surface area contributed by atoms with Crippen LogP contribution in [0, 0.1) is 19.3 Å². The number of fused-ring (bicyclic) bond motifs is 1. The average Bonchev–Trinajstić information content (AvgIpc) is 2.33. The molecule has 0 bridgehead atoms. The van der Waals surface area contributed by atoms with Gasteiger partial charge in [-0.1, -0.05) is 5.92 Å². The first-order valence-electron chi connectivity index (χ1n) is 5.63. The third kappa shape index (κ3) is 2.23. The minimum Gasteiger partial charge on any atom is -0.475 e. The number of hydrogen-bond donors (Lipinski definition) is 0. The van der Waals surface area contributed by atoms with Crippen molar-refractivity contribution in [1.82, 2.24) is 0 Å². The molecule has 1 aromatic carbocycles. The molecule has 0 saturated carbocycles. The fourth-order valence-electron chi connectivity index (χ4n) is 1.67. The van der Waals surface area contributed by atoms with E-state index in [4.69, 9.17) is 15.6 Å². The third-order valence-corrected chi connectivity index (χ3v) is 2.70. The molecule has 0 atom stereocenters. The summed E-state index contributed by atoms with van der Waals surface area (Å²) in [5, 5.41) is 0.859. The van der Waals surface area contributed by atoms with Crippen molar-refractivity contribution in [3.05, 3.63) is 40.2 Å². The highest BCUT2D eigenvalue weighted by atomic mass is 16.5. The Bertz CT molecular complexity index is 687. The molecule has 0 aliphatic heterocycles. The zero-order chi connectivity index (χ0) is 13.3. The van der Waals surface area contributed by atoms with Crippen LogP contribution in [-0.2, 0) is 0 Å². The first-order valence-corrected chi connectivity index (χ1v) is 5.63. The van der Waals surface area contributed by atoms with Crippen LogP contribution in [0.5, 0.6) is 5.75 Å². The number of terminal acetylenes is 1. The summed E-state index contributed by atoms with van der Waals surface area (Å²) in [6.45, 7) is 5.45. The summed E-state index contributed by atoms with van der Waals surface area (Å²) >= 11 is 0. The summed E-state index contributed by atoms with van der Waals surface area (Å²) in [5.74, 6) is 3.19. The Labute approximate surface area is 105 Å². The summed E-state index contributed by atoms with van der Waals surface area (Å²) in [5.41, 5.74) is 0.230. The van der Waals surface area contributed by atoms with E-state index in [1.54, 1.807) is 19.9 Å². The lowest BCUT2D eigenvalue weighted by molar-refractivity contribution is 0.171. The van der Waals surface area contributed by atoms with Crippen molar-refractivity contribution in [3.8, 4) is 18.1 Å². The fourth-order valence-corrected chi connectivity index (χ4v) is 1.67. The number of ether oxygens (including phenoxy) is 1. The molecule has 0 aliphatic rings. The van der Waals surface area contributed by atoms with Crippen molar-refractivity contribution < 1.29 is 9.15 Å².